The monoisotopic (exact) mass is 267 g/mol. The van der Waals surface area contributed by atoms with Crippen LogP contribution in [-0.2, 0) is 0 Å². The summed E-state index contributed by atoms with van der Waals surface area (Å²) in [6.45, 7) is 3.17. The Balaban J connectivity index is 2.44. The van der Waals surface area contributed by atoms with Crippen molar-refractivity contribution in [1.29, 1.82) is 0 Å². The molecule has 1 aromatic carbocycles. The molecule has 98 valence electrons. The molecule has 1 unspecified atom stereocenters. The fourth-order valence-corrected chi connectivity index (χ4v) is 2.64. The van der Waals surface area contributed by atoms with Gasteiger partial charge in [0.05, 0.1) is 0 Å². The van der Waals surface area contributed by atoms with Crippen molar-refractivity contribution in [3.8, 4) is 0 Å². The first kappa shape index (κ1) is 13.0. The Morgan fingerprint density at radius 2 is 2.28 bits per heavy atom. The molecule has 1 atom stereocenters. The second-order valence-electron chi connectivity index (χ2n) is 4.68. The van der Waals surface area contributed by atoms with Crippen LogP contribution >= 0.6 is 11.6 Å². The van der Waals surface area contributed by atoms with Crippen molar-refractivity contribution in [1.82, 2.24) is 0 Å². The predicted molar refractivity (Wildman–Crippen MR) is 74.6 cm³/mol. The maximum Gasteiger partial charge on any atom is 0.172 e. The first-order valence-corrected chi connectivity index (χ1v) is 6.55. The van der Waals surface area contributed by atoms with Crippen LogP contribution in [0.2, 0.25) is 5.02 Å². The lowest BCUT2D eigenvalue weighted by Crippen LogP contribution is -2.38. The highest BCUT2D eigenvalue weighted by atomic mass is 35.5. The van der Waals surface area contributed by atoms with Gasteiger partial charge in [-0.3, -0.25) is 0 Å². The van der Waals surface area contributed by atoms with E-state index < -0.39 is 0 Å². The van der Waals surface area contributed by atoms with E-state index in [9.17, 15) is 0 Å². The van der Waals surface area contributed by atoms with E-state index >= 15 is 0 Å². The molecule has 3 N–H and O–H groups in total. The largest absolute Gasteiger partial charge is 0.409 e. The van der Waals surface area contributed by atoms with E-state index in [4.69, 9.17) is 22.5 Å². The standard InChI is InChI=1S/C13H18ClN3O/c1-9-4-2-3-7-17(9)12-8-10(14)5-6-11(12)13(15)16-18/h5-6,8-9,18H,2-4,7H2,1H3,(H2,15,16). The average Bonchev–Trinajstić information content (AvgIpc) is 2.38. The van der Waals surface area contributed by atoms with Crippen LogP contribution in [0.1, 0.15) is 31.7 Å². The summed E-state index contributed by atoms with van der Waals surface area (Å²) in [5.74, 6) is 0.124. The molecule has 2 rings (SSSR count). The summed E-state index contributed by atoms with van der Waals surface area (Å²) in [5, 5.41) is 12.6. The van der Waals surface area contributed by atoms with Crippen LogP contribution < -0.4 is 10.6 Å². The molecule has 18 heavy (non-hydrogen) atoms. The second kappa shape index (κ2) is 5.48. The van der Waals surface area contributed by atoms with Gasteiger partial charge in [0.1, 0.15) is 0 Å². The fraction of sp³-hybridized carbons (Fsp3) is 0.462. The maximum absolute atomic E-state index is 8.86. The fourth-order valence-electron chi connectivity index (χ4n) is 2.47. The van der Waals surface area contributed by atoms with Gasteiger partial charge in [-0.25, -0.2) is 0 Å². The molecule has 1 aliphatic heterocycles. The summed E-state index contributed by atoms with van der Waals surface area (Å²) in [6, 6.07) is 5.89. The number of anilines is 1. The smallest absolute Gasteiger partial charge is 0.172 e. The van der Waals surface area contributed by atoms with Crippen molar-refractivity contribution < 1.29 is 5.21 Å². The third kappa shape index (κ3) is 2.53. The number of hydrogen-bond donors (Lipinski definition) is 2. The number of hydrogen-bond acceptors (Lipinski definition) is 3. The van der Waals surface area contributed by atoms with Crippen LogP contribution in [0.5, 0.6) is 0 Å². The number of rotatable bonds is 2. The minimum atomic E-state index is 0.124. The zero-order chi connectivity index (χ0) is 13.1. The number of nitrogens with two attached hydrogens (primary N) is 1. The lowest BCUT2D eigenvalue weighted by molar-refractivity contribution is 0.318. The Hall–Kier alpha value is -1.42. The van der Waals surface area contributed by atoms with Crippen LogP contribution in [0.25, 0.3) is 0 Å². The predicted octanol–water partition coefficient (Wildman–Crippen LogP) is 2.81. The van der Waals surface area contributed by atoms with Crippen LogP contribution in [0, 0.1) is 0 Å². The van der Waals surface area contributed by atoms with Gasteiger partial charge in [-0.1, -0.05) is 16.8 Å². The lowest BCUT2D eigenvalue weighted by Gasteiger charge is -2.36. The van der Waals surface area contributed by atoms with Gasteiger partial charge in [0.15, 0.2) is 5.84 Å². The van der Waals surface area contributed by atoms with Gasteiger partial charge >= 0.3 is 0 Å². The highest BCUT2D eigenvalue weighted by Crippen LogP contribution is 2.30. The number of piperidine rings is 1. The average molecular weight is 268 g/mol. The third-order valence-corrected chi connectivity index (χ3v) is 3.69. The van der Waals surface area contributed by atoms with E-state index in [2.05, 4.69) is 17.0 Å². The molecule has 0 amide bonds. The van der Waals surface area contributed by atoms with Crippen molar-refractivity contribution in [3.63, 3.8) is 0 Å². The quantitative estimate of drug-likeness (QED) is 0.375. The van der Waals surface area contributed by atoms with Crippen molar-refractivity contribution in [2.24, 2.45) is 10.9 Å². The number of oxime groups is 1. The molecular weight excluding hydrogens is 250 g/mol. The minimum absolute atomic E-state index is 0.124. The molecule has 1 aromatic rings. The maximum atomic E-state index is 8.86. The van der Waals surface area contributed by atoms with E-state index in [1.54, 1.807) is 12.1 Å². The van der Waals surface area contributed by atoms with Gasteiger partial charge in [0.25, 0.3) is 0 Å². The molecule has 0 bridgehead atoms. The van der Waals surface area contributed by atoms with Gasteiger partial charge in [-0.2, -0.15) is 0 Å². The Kier molecular flexibility index (Phi) is 3.97. The van der Waals surface area contributed by atoms with Gasteiger partial charge in [0.2, 0.25) is 0 Å². The van der Waals surface area contributed by atoms with Crippen LogP contribution in [0.3, 0.4) is 0 Å². The molecule has 1 saturated heterocycles. The van der Waals surface area contributed by atoms with Crippen molar-refractivity contribution in [3.05, 3.63) is 28.8 Å². The number of benzene rings is 1. The Morgan fingerprint density at radius 1 is 1.50 bits per heavy atom. The topological polar surface area (TPSA) is 61.8 Å². The van der Waals surface area contributed by atoms with Crippen molar-refractivity contribution >= 4 is 23.1 Å². The molecule has 0 saturated carbocycles. The number of halogens is 1. The minimum Gasteiger partial charge on any atom is -0.409 e. The van der Waals surface area contributed by atoms with Crippen LogP contribution in [0.4, 0.5) is 5.69 Å². The van der Waals surface area contributed by atoms with E-state index in [-0.39, 0.29) is 5.84 Å². The summed E-state index contributed by atoms with van der Waals surface area (Å²) < 4.78 is 0. The van der Waals surface area contributed by atoms with Crippen LogP contribution in [0.15, 0.2) is 23.4 Å². The molecular formula is C13H18ClN3O. The zero-order valence-electron chi connectivity index (χ0n) is 10.4. The molecule has 1 aliphatic rings. The van der Waals surface area contributed by atoms with E-state index in [0.29, 0.717) is 11.1 Å². The highest BCUT2D eigenvalue weighted by molar-refractivity contribution is 6.31. The normalized spacial score (nSPS) is 21.1. The second-order valence-corrected chi connectivity index (χ2v) is 5.12. The molecule has 0 radical (unpaired) electrons. The Morgan fingerprint density at radius 3 is 2.94 bits per heavy atom. The van der Waals surface area contributed by atoms with E-state index in [1.165, 1.54) is 6.42 Å². The number of amidine groups is 1. The van der Waals surface area contributed by atoms with Gasteiger partial charge in [-0.05, 0) is 44.4 Å². The first-order valence-electron chi connectivity index (χ1n) is 6.17. The van der Waals surface area contributed by atoms with Gasteiger partial charge < -0.3 is 15.8 Å². The molecule has 1 fully saturated rings. The summed E-state index contributed by atoms with van der Waals surface area (Å²) >= 11 is 6.06. The summed E-state index contributed by atoms with van der Waals surface area (Å²) in [7, 11) is 0. The molecule has 0 aromatic heterocycles. The highest BCUT2D eigenvalue weighted by Gasteiger charge is 2.22. The van der Waals surface area contributed by atoms with Gasteiger partial charge in [-0.15, -0.1) is 0 Å². The molecule has 0 aliphatic carbocycles. The Labute approximate surface area is 112 Å². The van der Waals surface area contributed by atoms with Crippen molar-refractivity contribution in [2.75, 3.05) is 11.4 Å². The first-order chi connectivity index (χ1) is 8.63. The summed E-state index contributed by atoms with van der Waals surface area (Å²) in [5.41, 5.74) is 7.41. The van der Waals surface area contributed by atoms with E-state index in [1.807, 2.05) is 6.07 Å². The SMILES string of the molecule is CC1CCCCN1c1cc(Cl)ccc1C(N)=NO. The Bertz CT molecular complexity index is 462. The van der Waals surface area contributed by atoms with Gasteiger partial charge in [0, 0.05) is 28.9 Å². The molecule has 0 spiro atoms. The summed E-state index contributed by atoms with van der Waals surface area (Å²) in [6.07, 6.45) is 3.56. The van der Waals surface area contributed by atoms with Crippen LogP contribution in [-0.4, -0.2) is 23.6 Å². The molecule has 1 heterocycles. The third-order valence-electron chi connectivity index (χ3n) is 3.46. The van der Waals surface area contributed by atoms with E-state index in [0.717, 1.165) is 30.6 Å². The lowest BCUT2D eigenvalue weighted by atomic mass is 10.0. The molecule has 5 heteroatoms. The number of nitrogens with zero attached hydrogens (tertiary/aromatic N) is 2. The molecule has 4 nitrogen and oxygen atoms in total. The summed E-state index contributed by atoms with van der Waals surface area (Å²) in [4.78, 5) is 2.28. The van der Waals surface area contributed by atoms with Crippen molar-refractivity contribution in [2.45, 2.75) is 32.2 Å². The zero-order valence-corrected chi connectivity index (χ0v) is 11.2.